The third-order valence-electron chi connectivity index (χ3n) is 2.57. The van der Waals surface area contributed by atoms with Crippen molar-refractivity contribution < 1.29 is 9.90 Å². The van der Waals surface area contributed by atoms with Crippen LogP contribution in [0.1, 0.15) is 0 Å². The maximum Gasteiger partial charge on any atom is 0.416 e. The molecule has 0 radical (unpaired) electrons. The predicted molar refractivity (Wildman–Crippen MR) is 88.1 cm³/mol. The fraction of sp³-hybridized carbons (Fsp3) is 0. The second-order valence-electron chi connectivity index (χ2n) is 3.91. The summed E-state index contributed by atoms with van der Waals surface area (Å²) in [6, 6.07) is 7.56. The topological polar surface area (TPSA) is 40.5 Å². The van der Waals surface area contributed by atoms with E-state index in [0.29, 0.717) is 5.02 Å². The summed E-state index contributed by atoms with van der Waals surface area (Å²) in [4.78, 5) is 12.5. The Morgan fingerprint density at radius 1 is 0.952 bits per heavy atom. The Morgan fingerprint density at radius 3 is 2.19 bits per heavy atom. The van der Waals surface area contributed by atoms with E-state index in [1.54, 1.807) is 18.2 Å². The van der Waals surface area contributed by atoms with E-state index in [9.17, 15) is 9.90 Å². The van der Waals surface area contributed by atoms with Gasteiger partial charge in [-0.1, -0.05) is 64.1 Å². The van der Waals surface area contributed by atoms with Crippen molar-refractivity contribution in [1.29, 1.82) is 0 Å². The van der Waals surface area contributed by atoms with Crippen LogP contribution < -0.4 is 4.90 Å². The van der Waals surface area contributed by atoms with E-state index in [4.69, 9.17) is 58.0 Å². The third-order valence-corrected chi connectivity index (χ3v) is 4.35. The van der Waals surface area contributed by atoms with Crippen molar-refractivity contribution in [2.75, 3.05) is 4.90 Å². The summed E-state index contributed by atoms with van der Waals surface area (Å²) < 4.78 is 0. The van der Waals surface area contributed by atoms with Gasteiger partial charge in [0.25, 0.3) is 0 Å². The summed E-state index contributed by atoms with van der Waals surface area (Å²) >= 11 is 29.9. The first-order valence-electron chi connectivity index (χ1n) is 5.44. The van der Waals surface area contributed by atoms with Gasteiger partial charge in [0.05, 0.1) is 31.5 Å². The molecule has 1 N–H and O–H groups in total. The number of anilines is 2. The van der Waals surface area contributed by atoms with Crippen LogP contribution >= 0.6 is 58.0 Å². The van der Waals surface area contributed by atoms with Gasteiger partial charge in [0.2, 0.25) is 0 Å². The van der Waals surface area contributed by atoms with E-state index < -0.39 is 6.09 Å². The van der Waals surface area contributed by atoms with Gasteiger partial charge in [-0.25, -0.2) is 9.69 Å². The van der Waals surface area contributed by atoms with Crippen LogP contribution in [0, 0.1) is 0 Å². The Bertz CT molecular complexity index is 720. The summed E-state index contributed by atoms with van der Waals surface area (Å²) in [7, 11) is 0. The van der Waals surface area contributed by atoms with Crippen molar-refractivity contribution >= 4 is 75.5 Å². The zero-order chi connectivity index (χ0) is 15.7. The normalized spacial score (nSPS) is 10.5. The molecule has 0 saturated heterocycles. The van der Waals surface area contributed by atoms with Crippen LogP contribution in [-0.2, 0) is 0 Å². The SMILES string of the molecule is O=C(O)N(c1cccc(Cl)c1)c1c(Cl)cc(Cl)c(Cl)c1Cl. The van der Waals surface area contributed by atoms with Crippen molar-refractivity contribution in [2.24, 2.45) is 0 Å². The smallest absolute Gasteiger partial charge is 0.416 e. The van der Waals surface area contributed by atoms with E-state index in [1.165, 1.54) is 12.1 Å². The number of nitrogens with zero attached hydrogens (tertiary/aromatic N) is 1. The fourth-order valence-electron chi connectivity index (χ4n) is 1.71. The molecule has 8 heteroatoms. The van der Waals surface area contributed by atoms with E-state index in [1.807, 2.05) is 0 Å². The van der Waals surface area contributed by atoms with Crippen molar-refractivity contribution in [3.8, 4) is 0 Å². The van der Waals surface area contributed by atoms with Crippen molar-refractivity contribution in [1.82, 2.24) is 0 Å². The van der Waals surface area contributed by atoms with Gasteiger partial charge in [0.1, 0.15) is 0 Å². The molecule has 0 aliphatic heterocycles. The van der Waals surface area contributed by atoms with Gasteiger partial charge in [0, 0.05) is 5.02 Å². The van der Waals surface area contributed by atoms with Crippen LogP contribution in [0.2, 0.25) is 25.1 Å². The van der Waals surface area contributed by atoms with Crippen molar-refractivity contribution in [3.63, 3.8) is 0 Å². The molecule has 0 aliphatic rings. The molecule has 2 aromatic rings. The van der Waals surface area contributed by atoms with E-state index in [2.05, 4.69) is 0 Å². The minimum atomic E-state index is -1.29. The molecule has 1 amide bonds. The lowest BCUT2D eigenvalue weighted by molar-refractivity contribution is 0.205. The summed E-state index contributed by atoms with van der Waals surface area (Å²) in [5.41, 5.74) is 0.291. The number of halogens is 5. The number of carbonyl (C=O) groups is 1. The Morgan fingerprint density at radius 2 is 1.62 bits per heavy atom. The molecule has 0 saturated carbocycles. The van der Waals surface area contributed by atoms with Gasteiger partial charge < -0.3 is 5.11 Å². The number of rotatable bonds is 2. The highest BCUT2D eigenvalue weighted by molar-refractivity contribution is 6.51. The molecule has 0 bridgehead atoms. The molecule has 0 heterocycles. The van der Waals surface area contributed by atoms with Crippen LogP contribution in [0.15, 0.2) is 30.3 Å². The largest absolute Gasteiger partial charge is 0.464 e. The van der Waals surface area contributed by atoms with Crippen LogP contribution in [0.25, 0.3) is 0 Å². The lowest BCUT2D eigenvalue weighted by Crippen LogP contribution is -2.24. The lowest BCUT2D eigenvalue weighted by Gasteiger charge is -2.22. The second kappa shape index (κ2) is 6.51. The maximum atomic E-state index is 11.6. The third kappa shape index (κ3) is 3.33. The molecule has 21 heavy (non-hydrogen) atoms. The number of hydrogen-bond acceptors (Lipinski definition) is 1. The number of carboxylic acid groups (broad SMARTS) is 1. The Labute approximate surface area is 145 Å². The summed E-state index contributed by atoms with van der Waals surface area (Å²) in [6.07, 6.45) is -1.29. The van der Waals surface area contributed by atoms with Crippen LogP contribution in [-0.4, -0.2) is 11.2 Å². The number of benzene rings is 2. The molecular formula is C13H6Cl5NO2. The Balaban J connectivity index is 2.71. The van der Waals surface area contributed by atoms with Crippen LogP contribution in [0.5, 0.6) is 0 Å². The highest BCUT2D eigenvalue weighted by atomic mass is 35.5. The van der Waals surface area contributed by atoms with Crippen molar-refractivity contribution in [3.05, 3.63) is 55.4 Å². The first kappa shape index (κ1) is 16.5. The average Bonchev–Trinajstić information content (AvgIpc) is 2.40. The highest BCUT2D eigenvalue weighted by Crippen LogP contribution is 2.45. The Kier molecular flexibility index (Phi) is 5.12. The van der Waals surface area contributed by atoms with E-state index >= 15 is 0 Å². The fourth-order valence-corrected chi connectivity index (χ4v) is 2.97. The number of amides is 1. The van der Waals surface area contributed by atoms with Gasteiger partial charge in [0.15, 0.2) is 0 Å². The van der Waals surface area contributed by atoms with Crippen LogP contribution in [0.3, 0.4) is 0 Å². The highest BCUT2D eigenvalue weighted by Gasteiger charge is 2.25. The lowest BCUT2D eigenvalue weighted by atomic mass is 10.2. The zero-order valence-electron chi connectivity index (χ0n) is 10.1. The predicted octanol–water partition coefficient (Wildman–Crippen LogP) is 6.77. The van der Waals surface area contributed by atoms with Gasteiger partial charge in [-0.2, -0.15) is 0 Å². The van der Waals surface area contributed by atoms with E-state index in [-0.39, 0.29) is 31.5 Å². The van der Waals surface area contributed by atoms with E-state index in [0.717, 1.165) is 4.90 Å². The monoisotopic (exact) mass is 383 g/mol. The first-order chi connectivity index (χ1) is 9.82. The molecule has 2 aromatic carbocycles. The molecule has 0 atom stereocenters. The quantitative estimate of drug-likeness (QED) is 0.458. The second-order valence-corrected chi connectivity index (χ2v) is 5.92. The van der Waals surface area contributed by atoms with Gasteiger partial charge in [-0.05, 0) is 24.3 Å². The van der Waals surface area contributed by atoms with Crippen molar-refractivity contribution in [2.45, 2.75) is 0 Å². The molecule has 0 unspecified atom stereocenters. The summed E-state index contributed by atoms with van der Waals surface area (Å²) in [5.74, 6) is 0. The molecule has 3 nitrogen and oxygen atoms in total. The molecule has 0 fully saturated rings. The molecule has 0 aliphatic carbocycles. The first-order valence-corrected chi connectivity index (χ1v) is 7.33. The summed E-state index contributed by atoms with van der Waals surface area (Å²) in [6.45, 7) is 0. The minimum absolute atomic E-state index is 0.0162. The average molecular weight is 385 g/mol. The van der Waals surface area contributed by atoms with Gasteiger partial charge in [-0.15, -0.1) is 0 Å². The standard InChI is InChI=1S/C13H6Cl5NO2/c14-6-2-1-3-7(4-6)19(13(20)21)12-9(16)5-8(15)10(17)11(12)18/h1-5H,(H,20,21). The maximum absolute atomic E-state index is 11.6. The van der Waals surface area contributed by atoms with Gasteiger partial charge in [-0.3, -0.25) is 0 Å². The Hall–Kier alpha value is -0.840. The minimum Gasteiger partial charge on any atom is -0.464 e. The zero-order valence-corrected chi connectivity index (χ0v) is 13.9. The molecule has 0 aromatic heterocycles. The molecule has 110 valence electrons. The summed E-state index contributed by atoms with van der Waals surface area (Å²) in [5, 5.41) is 9.98. The molecular weight excluding hydrogens is 379 g/mol. The molecule has 0 spiro atoms. The molecule has 2 rings (SSSR count). The van der Waals surface area contributed by atoms with Crippen LogP contribution in [0.4, 0.5) is 16.2 Å². The number of hydrogen-bond donors (Lipinski definition) is 1. The van der Waals surface area contributed by atoms with Gasteiger partial charge >= 0.3 is 6.09 Å².